The van der Waals surface area contributed by atoms with Crippen LogP contribution in [-0.2, 0) is 0 Å². The third-order valence-electron chi connectivity index (χ3n) is 0.875. The van der Waals surface area contributed by atoms with Gasteiger partial charge in [0.1, 0.15) is 6.10 Å². The van der Waals surface area contributed by atoms with Crippen LogP contribution in [0.15, 0.2) is 0 Å². The van der Waals surface area contributed by atoms with E-state index >= 15 is 0 Å². The maximum Gasteiger partial charge on any atom is 0.264 e. The molecule has 0 saturated carbocycles. The summed E-state index contributed by atoms with van der Waals surface area (Å²) in [6.07, 6.45) is -3.20. The first-order chi connectivity index (χ1) is 3.68. The van der Waals surface area contributed by atoms with E-state index in [-0.39, 0.29) is 6.42 Å². The lowest BCUT2D eigenvalue weighted by atomic mass is 10.2. The largest absolute Gasteiger partial charge is 0.387 e. The van der Waals surface area contributed by atoms with Crippen LogP contribution in [0, 0.1) is 0 Å². The Balaban J connectivity index is 3.17. The van der Waals surface area contributed by atoms with Crippen molar-refractivity contribution in [2.45, 2.75) is 32.3 Å². The highest BCUT2D eigenvalue weighted by Gasteiger charge is 2.14. The van der Waals surface area contributed by atoms with E-state index < -0.39 is 12.5 Å². The Kier molecular flexibility index (Phi) is 3.69. The van der Waals surface area contributed by atoms with Gasteiger partial charge in [-0.1, -0.05) is 13.3 Å². The Labute approximate surface area is 47.3 Å². The molecule has 0 aliphatic carbocycles. The number of rotatable bonds is 3. The minimum absolute atomic E-state index is 0.192. The molecule has 0 aliphatic heterocycles. The number of hydrogen-bond donors (Lipinski definition) is 1. The number of alkyl halides is 2. The van der Waals surface area contributed by atoms with Crippen molar-refractivity contribution < 1.29 is 13.9 Å². The second kappa shape index (κ2) is 3.78. The average molecular weight is 124 g/mol. The first kappa shape index (κ1) is 7.82. The molecule has 0 fully saturated rings. The van der Waals surface area contributed by atoms with Crippen LogP contribution in [-0.4, -0.2) is 17.6 Å². The van der Waals surface area contributed by atoms with Crippen molar-refractivity contribution >= 4 is 0 Å². The zero-order valence-corrected chi connectivity index (χ0v) is 4.77. The van der Waals surface area contributed by atoms with Crippen LogP contribution >= 0.6 is 0 Å². The SMILES string of the molecule is CCC[C@H](O)C(F)F. The minimum atomic E-state index is -2.57. The molecule has 3 heteroatoms. The van der Waals surface area contributed by atoms with Crippen LogP contribution in [0.4, 0.5) is 8.78 Å². The molecular weight excluding hydrogens is 114 g/mol. The second-order valence-corrected chi connectivity index (χ2v) is 1.69. The fraction of sp³-hybridized carbons (Fsp3) is 1.00. The number of aliphatic hydroxyl groups excluding tert-OH is 1. The average Bonchev–Trinajstić information content (AvgIpc) is 1.67. The fourth-order valence-electron chi connectivity index (χ4n) is 0.422. The Morgan fingerprint density at radius 1 is 1.50 bits per heavy atom. The summed E-state index contributed by atoms with van der Waals surface area (Å²) in [6.45, 7) is 1.76. The van der Waals surface area contributed by atoms with Gasteiger partial charge < -0.3 is 5.11 Å². The van der Waals surface area contributed by atoms with Crippen molar-refractivity contribution in [1.82, 2.24) is 0 Å². The molecule has 0 spiro atoms. The van der Waals surface area contributed by atoms with Crippen molar-refractivity contribution in [2.75, 3.05) is 0 Å². The quantitative estimate of drug-likeness (QED) is 0.603. The molecule has 0 aromatic rings. The summed E-state index contributed by atoms with van der Waals surface area (Å²) in [5, 5.41) is 8.38. The minimum Gasteiger partial charge on any atom is -0.387 e. The molecule has 0 aliphatic rings. The predicted octanol–water partition coefficient (Wildman–Crippen LogP) is 1.41. The molecule has 0 heterocycles. The molecule has 0 radical (unpaired) electrons. The molecule has 1 atom stereocenters. The zero-order chi connectivity index (χ0) is 6.57. The van der Waals surface area contributed by atoms with E-state index in [1.54, 1.807) is 6.92 Å². The highest BCUT2D eigenvalue weighted by molar-refractivity contribution is 4.54. The third-order valence-corrected chi connectivity index (χ3v) is 0.875. The summed E-state index contributed by atoms with van der Waals surface area (Å²) >= 11 is 0. The van der Waals surface area contributed by atoms with Crippen molar-refractivity contribution in [2.24, 2.45) is 0 Å². The summed E-state index contributed by atoms with van der Waals surface area (Å²) in [4.78, 5) is 0. The third kappa shape index (κ3) is 2.91. The van der Waals surface area contributed by atoms with E-state index in [2.05, 4.69) is 0 Å². The molecule has 50 valence electrons. The molecule has 8 heavy (non-hydrogen) atoms. The van der Waals surface area contributed by atoms with Crippen LogP contribution in [0.2, 0.25) is 0 Å². The summed E-state index contributed by atoms with van der Waals surface area (Å²) in [5.41, 5.74) is 0. The molecule has 0 rings (SSSR count). The summed E-state index contributed by atoms with van der Waals surface area (Å²) < 4.78 is 22.7. The van der Waals surface area contributed by atoms with Gasteiger partial charge in [-0.25, -0.2) is 8.78 Å². The molecule has 0 aromatic heterocycles. The van der Waals surface area contributed by atoms with Crippen molar-refractivity contribution in [3.63, 3.8) is 0 Å². The topological polar surface area (TPSA) is 20.2 Å². The monoisotopic (exact) mass is 124 g/mol. The van der Waals surface area contributed by atoms with Crippen molar-refractivity contribution in [3.8, 4) is 0 Å². The van der Waals surface area contributed by atoms with Gasteiger partial charge in [-0.3, -0.25) is 0 Å². The van der Waals surface area contributed by atoms with Crippen LogP contribution in [0.25, 0.3) is 0 Å². The van der Waals surface area contributed by atoms with Crippen LogP contribution in [0.1, 0.15) is 19.8 Å². The van der Waals surface area contributed by atoms with E-state index in [0.717, 1.165) is 0 Å². The van der Waals surface area contributed by atoms with Crippen LogP contribution < -0.4 is 0 Å². The highest BCUT2D eigenvalue weighted by atomic mass is 19.3. The van der Waals surface area contributed by atoms with Crippen LogP contribution in [0.5, 0.6) is 0 Å². The van der Waals surface area contributed by atoms with E-state index in [9.17, 15) is 8.78 Å². The van der Waals surface area contributed by atoms with Gasteiger partial charge in [0.05, 0.1) is 0 Å². The van der Waals surface area contributed by atoms with Gasteiger partial charge in [0.2, 0.25) is 0 Å². The molecule has 0 bridgehead atoms. The van der Waals surface area contributed by atoms with Crippen molar-refractivity contribution in [1.29, 1.82) is 0 Å². The predicted molar refractivity (Wildman–Crippen MR) is 26.9 cm³/mol. The van der Waals surface area contributed by atoms with Gasteiger partial charge in [0, 0.05) is 0 Å². The van der Waals surface area contributed by atoms with E-state index in [0.29, 0.717) is 6.42 Å². The number of halogens is 2. The maximum absolute atomic E-state index is 11.4. The maximum atomic E-state index is 11.4. The molecule has 0 aromatic carbocycles. The smallest absolute Gasteiger partial charge is 0.264 e. The van der Waals surface area contributed by atoms with Crippen molar-refractivity contribution in [3.05, 3.63) is 0 Å². The zero-order valence-electron chi connectivity index (χ0n) is 4.77. The highest BCUT2D eigenvalue weighted by Crippen LogP contribution is 2.05. The first-order valence-electron chi connectivity index (χ1n) is 2.64. The molecule has 1 N–H and O–H groups in total. The normalized spacial score (nSPS) is 14.6. The summed E-state index contributed by atoms with van der Waals surface area (Å²) in [5.74, 6) is 0. The number of aliphatic hydroxyl groups is 1. The molecule has 0 unspecified atom stereocenters. The van der Waals surface area contributed by atoms with Gasteiger partial charge in [-0.05, 0) is 6.42 Å². The number of hydrogen-bond acceptors (Lipinski definition) is 1. The van der Waals surface area contributed by atoms with Gasteiger partial charge in [-0.2, -0.15) is 0 Å². The molecule has 0 saturated heterocycles. The molecular formula is C5H10F2O. The van der Waals surface area contributed by atoms with Gasteiger partial charge in [-0.15, -0.1) is 0 Å². The lowest BCUT2D eigenvalue weighted by Gasteiger charge is -2.05. The second-order valence-electron chi connectivity index (χ2n) is 1.69. The Morgan fingerprint density at radius 2 is 2.00 bits per heavy atom. The van der Waals surface area contributed by atoms with Crippen LogP contribution in [0.3, 0.4) is 0 Å². The molecule has 1 nitrogen and oxygen atoms in total. The van der Waals surface area contributed by atoms with E-state index in [4.69, 9.17) is 5.11 Å². The Morgan fingerprint density at radius 3 is 2.12 bits per heavy atom. The Hall–Kier alpha value is -0.180. The first-order valence-corrected chi connectivity index (χ1v) is 2.64. The summed E-state index contributed by atoms with van der Waals surface area (Å²) in [6, 6.07) is 0. The molecule has 0 amide bonds. The van der Waals surface area contributed by atoms with Gasteiger partial charge in [0.15, 0.2) is 0 Å². The Bertz CT molecular complexity index is 56.4. The lowest BCUT2D eigenvalue weighted by Crippen LogP contribution is -2.16. The van der Waals surface area contributed by atoms with E-state index in [1.165, 1.54) is 0 Å². The fourth-order valence-corrected chi connectivity index (χ4v) is 0.422. The summed E-state index contributed by atoms with van der Waals surface area (Å²) in [7, 11) is 0. The van der Waals surface area contributed by atoms with Gasteiger partial charge in [0.25, 0.3) is 6.43 Å². The standard InChI is InChI=1S/C5H10F2O/c1-2-3-4(8)5(6)7/h4-5,8H,2-3H2,1H3/t4-/m0/s1. The lowest BCUT2D eigenvalue weighted by molar-refractivity contribution is -0.00904. The van der Waals surface area contributed by atoms with E-state index in [1.807, 2.05) is 0 Å². The van der Waals surface area contributed by atoms with Gasteiger partial charge >= 0.3 is 0 Å².